The molecule has 0 amide bonds. The number of nitrogens with zero attached hydrogens (tertiary/aromatic N) is 2. The lowest BCUT2D eigenvalue weighted by Gasteiger charge is -2.06. The molecule has 3 rings (SSSR count). The molecule has 0 bridgehead atoms. The molecule has 100 valence electrons. The molecular formula is C16H13BrN2O. The molecule has 20 heavy (non-hydrogen) atoms. The SMILES string of the molecule is Cn1ncc(Br)c1C(=O)Cc1cccc2ccccc12. The number of Topliss-reactive ketones (excluding diaryl/α,β-unsaturated/α-hetero) is 1. The Bertz CT molecular complexity index is 767. The smallest absolute Gasteiger partial charge is 0.186 e. The van der Waals surface area contributed by atoms with E-state index in [9.17, 15) is 4.79 Å². The number of aryl methyl sites for hydroxylation is 1. The summed E-state index contributed by atoms with van der Waals surface area (Å²) in [5.74, 6) is 0.0632. The van der Waals surface area contributed by atoms with Gasteiger partial charge in [-0.05, 0) is 32.3 Å². The number of aromatic nitrogens is 2. The Morgan fingerprint density at radius 3 is 2.70 bits per heavy atom. The predicted molar refractivity (Wildman–Crippen MR) is 82.9 cm³/mol. The van der Waals surface area contributed by atoms with E-state index in [2.05, 4.69) is 39.2 Å². The number of rotatable bonds is 3. The van der Waals surface area contributed by atoms with Crippen molar-refractivity contribution in [1.29, 1.82) is 0 Å². The maximum Gasteiger partial charge on any atom is 0.186 e. The van der Waals surface area contributed by atoms with Crippen molar-refractivity contribution in [2.45, 2.75) is 6.42 Å². The molecule has 1 heterocycles. The molecule has 0 aliphatic rings. The average molecular weight is 329 g/mol. The van der Waals surface area contributed by atoms with Crippen LogP contribution in [0.4, 0.5) is 0 Å². The van der Waals surface area contributed by atoms with Crippen molar-refractivity contribution in [2.24, 2.45) is 7.05 Å². The molecule has 4 heteroatoms. The van der Waals surface area contributed by atoms with Gasteiger partial charge in [0.25, 0.3) is 0 Å². The summed E-state index contributed by atoms with van der Waals surface area (Å²) in [5, 5.41) is 6.37. The third-order valence-electron chi connectivity index (χ3n) is 3.39. The summed E-state index contributed by atoms with van der Waals surface area (Å²) in [7, 11) is 1.78. The zero-order valence-corrected chi connectivity index (χ0v) is 12.6. The van der Waals surface area contributed by atoms with E-state index >= 15 is 0 Å². The van der Waals surface area contributed by atoms with Crippen molar-refractivity contribution >= 4 is 32.5 Å². The maximum atomic E-state index is 12.5. The number of benzene rings is 2. The van der Waals surface area contributed by atoms with Gasteiger partial charge in [0.15, 0.2) is 5.78 Å². The Morgan fingerprint density at radius 1 is 1.20 bits per heavy atom. The van der Waals surface area contributed by atoms with E-state index in [4.69, 9.17) is 0 Å². The second-order valence-corrected chi connectivity index (χ2v) is 5.56. The first-order chi connectivity index (χ1) is 9.66. The fourth-order valence-corrected chi connectivity index (χ4v) is 3.00. The molecule has 3 aromatic rings. The summed E-state index contributed by atoms with van der Waals surface area (Å²) < 4.78 is 2.35. The molecule has 0 saturated heterocycles. The largest absolute Gasteiger partial charge is 0.292 e. The summed E-state index contributed by atoms with van der Waals surface area (Å²) in [5.41, 5.74) is 1.65. The van der Waals surface area contributed by atoms with Crippen LogP contribution in [0.3, 0.4) is 0 Å². The standard InChI is InChI=1S/C16H13BrN2O/c1-19-16(14(17)10-18-19)15(20)9-12-7-4-6-11-5-2-3-8-13(11)12/h2-8,10H,9H2,1H3. The van der Waals surface area contributed by atoms with Crippen LogP contribution in [0.15, 0.2) is 53.1 Å². The van der Waals surface area contributed by atoms with Gasteiger partial charge < -0.3 is 0 Å². The first kappa shape index (κ1) is 13.1. The van der Waals surface area contributed by atoms with Crippen molar-refractivity contribution in [1.82, 2.24) is 9.78 Å². The van der Waals surface area contributed by atoms with Crippen LogP contribution in [0.5, 0.6) is 0 Å². The monoisotopic (exact) mass is 328 g/mol. The van der Waals surface area contributed by atoms with Crippen molar-refractivity contribution < 1.29 is 4.79 Å². The number of carbonyl (C=O) groups is 1. The van der Waals surface area contributed by atoms with Gasteiger partial charge in [0, 0.05) is 13.5 Å². The number of fused-ring (bicyclic) bond motifs is 1. The van der Waals surface area contributed by atoms with Gasteiger partial charge in [-0.1, -0.05) is 42.5 Å². The highest BCUT2D eigenvalue weighted by Crippen LogP contribution is 2.22. The number of halogens is 1. The van der Waals surface area contributed by atoms with Crippen LogP contribution >= 0.6 is 15.9 Å². The minimum absolute atomic E-state index is 0.0632. The second-order valence-electron chi connectivity index (χ2n) is 4.70. The van der Waals surface area contributed by atoms with Crippen LogP contribution in [-0.4, -0.2) is 15.6 Å². The van der Waals surface area contributed by atoms with E-state index < -0.39 is 0 Å². The van der Waals surface area contributed by atoms with E-state index in [1.165, 1.54) is 0 Å². The Kier molecular flexibility index (Phi) is 3.40. The van der Waals surface area contributed by atoms with Crippen molar-refractivity contribution in [2.75, 3.05) is 0 Å². The fourth-order valence-electron chi connectivity index (χ4n) is 2.43. The summed E-state index contributed by atoms with van der Waals surface area (Å²) in [6, 6.07) is 14.2. The zero-order valence-electron chi connectivity index (χ0n) is 11.0. The molecule has 0 radical (unpaired) electrons. The molecule has 0 aliphatic heterocycles. The highest BCUT2D eigenvalue weighted by atomic mass is 79.9. The molecule has 0 fully saturated rings. The van der Waals surface area contributed by atoms with Crippen molar-refractivity contribution in [3.05, 3.63) is 64.4 Å². The van der Waals surface area contributed by atoms with Gasteiger partial charge in [-0.25, -0.2) is 0 Å². The van der Waals surface area contributed by atoms with Crippen LogP contribution in [0.2, 0.25) is 0 Å². The Balaban J connectivity index is 2.00. The average Bonchev–Trinajstić information content (AvgIpc) is 2.78. The highest BCUT2D eigenvalue weighted by molar-refractivity contribution is 9.10. The predicted octanol–water partition coefficient (Wildman–Crippen LogP) is 3.76. The maximum absolute atomic E-state index is 12.5. The topological polar surface area (TPSA) is 34.9 Å². The highest BCUT2D eigenvalue weighted by Gasteiger charge is 2.16. The van der Waals surface area contributed by atoms with E-state index in [-0.39, 0.29) is 5.78 Å². The third-order valence-corrected chi connectivity index (χ3v) is 3.97. The normalized spacial score (nSPS) is 10.9. The summed E-state index contributed by atoms with van der Waals surface area (Å²) >= 11 is 3.38. The van der Waals surface area contributed by atoms with Crippen molar-refractivity contribution in [3.63, 3.8) is 0 Å². The molecule has 0 unspecified atom stereocenters. The Hall–Kier alpha value is -1.94. The van der Waals surface area contributed by atoms with E-state index in [0.717, 1.165) is 20.8 Å². The summed E-state index contributed by atoms with van der Waals surface area (Å²) in [4.78, 5) is 12.5. The first-order valence-electron chi connectivity index (χ1n) is 6.34. The van der Waals surface area contributed by atoms with Gasteiger partial charge in [-0.15, -0.1) is 0 Å². The summed E-state index contributed by atoms with van der Waals surface area (Å²) in [6.45, 7) is 0. The van der Waals surface area contributed by atoms with Crippen LogP contribution in [0.1, 0.15) is 16.1 Å². The number of hydrogen-bond acceptors (Lipinski definition) is 2. The number of ketones is 1. The lowest BCUT2D eigenvalue weighted by Crippen LogP contribution is -2.10. The van der Waals surface area contributed by atoms with Gasteiger partial charge >= 0.3 is 0 Å². The quantitative estimate of drug-likeness (QED) is 0.686. The van der Waals surface area contributed by atoms with Crippen LogP contribution < -0.4 is 0 Å². The van der Waals surface area contributed by atoms with Crippen LogP contribution in [0, 0.1) is 0 Å². The van der Waals surface area contributed by atoms with Crippen LogP contribution in [-0.2, 0) is 13.5 Å². The molecule has 0 atom stereocenters. The Morgan fingerprint density at radius 2 is 1.95 bits per heavy atom. The van der Waals surface area contributed by atoms with Gasteiger partial charge in [0.2, 0.25) is 0 Å². The molecule has 2 aromatic carbocycles. The molecule has 1 aromatic heterocycles. The van der Waals surface area contributed by atoms with Gasteiger partial charge in [0.1, 0.15) is 5.69 Å². The van der Waals surface area contributed by atoms with Gasteiger partial charge in [0.05, 0.1) is 10.7 Å². The lowest BCUT2D eigenvalue weighted by atomic mass is 9.99. The number of carbonyl (C=O) groups excluding carboxylic acids is 1. The van der Waals surface area contributed by atoms with E-state index in [1.807, 2.05) is 24.3 Å². The zero-order chi connectivity index (χ0) is 14.1. The molecular weight excluding hydrogens is 316 g/mol. The van der Waals surface area contributed by atoms with Gasteiger partial charge in [-0.2, -0.15) is 5.10 Å². The molecule has 0 saturated carbocycles. The van der Waals surface area contributed by atoms with Gasteiger partial charge in [-0.3, -0.25) is 9.48 Å². The minimum atomic E-state index is 0.0632. The third kappa shape index (κ3) is 2.27. The van der Waals surface area contributed by atoms with Crippen LogP contribution in [0.25, 0.3) is 10.8 Å². The molecule has 0 N–H and O–H groups in total. The Labute approximate surface area is 125 Å². The van der Waals surface area contributed by atoms with E-state index in [0.29, 0.717) is 12.1 Å². The molecule has 0 spiro atoms. The van der Waals surface area contributed by atoms with E-state index in [1.54, 1.807) is 17.9 Å². The lowest BCUT2D eigenvalue weighted by molar-refractivity contribution is 0.0983. The number of hydrogen-bond donors (Lipinski definition) is 0. The molecule has 3 nitrogen and oxygen atoms in total. The first-order valence-corrected chi connectivity index (χ1v) is 7.13. The van der Waals surface area contributed by atoms with Crippen molar-refractivity contribution in [3.8, 4) is 0 Å². The molecule has 0 aliphatic carbocycles. The second kappa shape index (κ2) is 5.21. The summed E-state index contributed by atoms with van der Waals surface area (Å²) in [6.07, 6.45) is 2.02. The fraction of sp³-hybridized carbons (Fsp3) is 0.125. The minimum Gasteiger partial charge on any atom is -0.292 e.